The molecule has 0 N–H and O–H groups in total. The Morgan fingerprint density at radius 3 is 2.19 bits per heavy atom. The van der Waals surface area contributed by atoms with Crippen LogP contribution in [0.25, 0.3) is 0 Å². The SMILES string of the molecule is O=C(CCc1ccccc1F)N1CCN(C(=O)c2ccc(Cl)cc2)CC1. The average Bonchev–Trinajstić information content (AvgIpc) is 2.67. The Kier molecular flexibility index (Phi) is 5.89. The molecule has 0 aliphatic carbocycles. The van der Waals surface area contributed by atoms with E-state index in [-0.39, 0.29) is 24.1 Å². The summed E-state index contributed by atoms with van der Waals surface area (Å²) in [6.45, 7) is 1.98. The van der Waals surface area contributed by atoms with Crippen molar-refractivity contribution in [3.63, 3.8) is 0 Å². The fraction of sp³-hybridized carbons (Fsp3) is 0.300. The lowest BCUT2D eigenvalue weighted by Crippen LogP contribution is -2.50. The van der Waals surface area contributed by atoms with Crippen LogP contribution in [0, 0.1) is 5.82 Å². The van der Waals surface area contributed by atoms with Gasteiger partial charge in [0.25, 0.3) is 5.91 Å². The van der Waals surface area contributed by atoms with Crippen LogP contribution < -0.4 is 0 Å². The maximum Gasteiger partial charge on any atom is 0.253 e. The minimum absolute atomic E-state index is 0.00755. The predicted octanol–water partition coefficient (Wildman–Crippen LogP) is 3.40. The van der Waals surface area contributed by atoms with E-state index in [0.29, 0.717) is 48.7 Å². The van der Waals surface area contributed by atoms with E-state index >= 15 is 0 Å². The smallest absolute Gasteiger partial charge is 0.253 e. The van der Waals surface area contributed by atoms with Gasteiger partial charge in [0.05, 0.1) is 0 Å². The van der Waals surface area contributed by atoms with Gasteiger partial charge in [0.1, 0.15) is 5.82 Å². The Morgan fingerprint density at radius 2 is 1.54 bits per heavy atom. The molecule has 1 aliphatic rings. The van der Waals surface area contributed by atoms with Gasteiger partial charge < -0.3 is 9.80 Å². The number of hydrogen-bond acceptors (Lipinski definition) is 2. The van der Waals surface area contributed by atoms with Crippen LogP contribution in [0.2, 0.25) is 5.02 Å². The van der Waals surface area contributed by atoms with E-state index in [1.54, 1.807) is 52.3 Å². The summed E-state index contributed by atoms with van der Waals surface area (Å²) in [5.41, 5.74) is 1.14. The summed E-state index contributed by atoms with van der Waals surface area (Å²) < 4.78 is 13.6. The number of benzene rings is 2. The van der Waals surface area contributed by atoms with Gasteiger partial charge in [-0.15, -0.1) is 0 Å². The van der Waals surface area contributed by atoms with Gasteiger partial charge in [0.2, 0.25) is 5.91 Å². The third-order valence-corrected chi connectivity index (χ3v) is 4.83. The van der Waals surface area contributed by atoms with Crippen LogP contribution in [0.4, 0.5) is 4.39 Å². The highest BCUT2D eigenvalue weighted by molar-refractivity contribution is 6.30. The van der Waals surface area contributed by atoms with Gasteiger partial charge in [-0.2, -0.15) is 0 Å². The minimum atomic E-state index is -0.279. The number of halogens is 2. The van der Waals surface area contributed by atoms with Gasteiger partial charge >= 0.3 is 0 Å². The van der Waals surface area contributed by atoms with Crippen LogP contribution in [0.15, 0.2) is 48.5 Å². The molecule has 1 saturated heterocycles. The quantitative estimate of drug-likeness (QED) is 0.823. The molecule has 2 aromatic carbocycles. The van der Waals surface area contributed by atoms with Crippen molar-refractivity contribution < 1.29 is 14.0 Å². The van der Waals surface area contributed by atoms with E-state index in [1.807, 2.05) is 0 Å². The Labute approximate surface area is 157 Å². The normalized spacial score (nSPS) is 14.4. The molecular formula is C20H20ClFN2O2. The molecule has 0 radical (unpaired) electrons. The van der Waals surface area contributed by atoms with Crippen molar-refractivity contribution >= 4 is 23.4 Å². The molecule has 3 rings (SSSR count). The number of nitrogens with zero attached hydrogens (tertiary/aromatic N) is 2. The van der Waals surface area contributed by atoms with Gasteiger partial charge in [-0.3, -0.25) is 9.59 Å². The van der Waals surface area contributed by atoms with Crippen LogP contribution in [-0.4, -0.2) is 47.8 Å². The van der Waals surface area contributed by atoms with Crippen molar-refractivity contribution in [2.24, 2.45) is 0 Å². The highest BCUT2D eigenvalue weighted by atomic mass is 35.5. The molecule has 0 saturated carbocycles. The summed E-state index contributed by atoms with van der Waals surface area (Å²) >= 11 is 5.85. The van der Waals surface area contributed by atoms with Crippen molar-refractivity contribution in [3.05, 3.63) is 70.5 Å². The first-order valence-electron chi connectivity index (χ1n) is 8.60. The zero-order chi connectivity index (χ0) is 18.5. The summed E-state index contributed by atoms with van der Waals surface area (Å²) in [6.07, 6.45) is 0.654. The van der Waals surface area contributed by atoms with Gasteiger partial charge in [-0.1, -0.05) is 29.8 Å². The van der Waals surface area contributed by atoms with Crippen molar-refractivity contribution in [2.75, 3.05) is 26.2 Å². The highest BCUT2D eigenvalue weighted by Gasteiger charge is 2.24. The first-order chi connectivity index (χ1) is 12.5. The first kappa shape index (κ1) is 18.4. The van der Waals surface area contributed by atoms with Crippen LogP contribution in [0.3, 0.4) is 0 Å². The molecule has 1 heterocycles. The van der Waals surface area contributed by atoms with E-state index in [0.717, 1.165) is 0 Å². The fourth-order valence-electron chi connectivity index (χ4n) is 3.03. The van der Waals surface area contributed by atoms with E-state index in [2.05, 4.69) is 0 Å². The van der Waals surface area contributed by atoms with Crippen molar-refractivity contribution in [2.45, 2.75) is 12.8 Å². The van der Waals surface area contributed by atoms with Gasteiger partial charge in [-0.25, -0.2) is 4.39 Å². The number of aryl methyl sites for hydroxylation is 1. The summed E-state index contributed by atoms with van der Waals surface area (Å²) in [5.74, 6) is -0.342. The number of piperazine rings is 1. The molecule has 1 aliphatic heterocycles. The molecule has 2 aromatic rings. The Hall–Kier alpha value is -2.40. The molecule has 0 atom stereocenters. The maximum atomic E-state index is 13.6. The zero-order valence-corrected chi connectivity index (χ0v) is 15.1. The summed E-state index contributed by atoms with van der Waals surface area (Å²) in [7, 11) is 0. The minimum Gasteiger partial charge on any atom is -0.339 e. The Morgan fingerprint density at radius 1 is 0.923 bits per heavy atom. The molecule has 0 bridgehead atoms. The highest BCUT2D eigenvalue weighted by Crippen LogP contribution is 2.14. The molecule has 6 heteroatoms. The van der Waals surface area contributed by atoms with Gasteiger partial charge in [-0.05, 0) is 42.3 Å². The molecule has 0 aromatic heterocycles. The first-order valence-corrected chi connectivity index (χ1v) is 8.98. The number of carbonyl (C=O) groups is 2. The number of amides is 2. The fourth-order valence-corrected chi connectivity index (χ4v) is 3.16. The summed E-state index contributed by atoms with van der Waals surface area (Å²) in [5, 5.41) is 0.590. The van der Waals surface area contributed by atoms with Gasteiger partial charge in [0, 0.05) is 43.2 Å². The van der Waals surface area contributed by atoms with Crippen LogP contribution in [0.5, 0.6) is 0 Å². The lowest BCUT2D eigenvalue weighted by atomic mass is 10.1. The van der Waals surface area contributed by atoms with E-state index in [9.17, 15) is 14.0 Å². The number of hydrogen-bond donors (Lipinski definition) is 0. The molecule has 0 unspecified atom stereocenters. The van der Waals surface area contributed by atoms with Crippen molar-refractivity contribution in [1.29, 1.82) is 0 Å². The van der Waals surface area contributed by atoms with Crippen LogP contribution in [-0.2, 0) is 11.2 Å². The standard InChI is InChI=1S/C20H20ClFN2O2/c21-17-8-5-16(6-9-17)20(26)24-13-11-23(12-14-24)19(25)10-7-15-3-1-2-4-18(15)22/h1-6,8-9H,7,10-14H2. The lowest BCUT2D eigenvalue weighted by molar-refractivity contribution is -0.132. The Balaban J connectivity index is 1.50. The molecule has 2 amide bonds. The summed E-state index contributed by atoms with van der Waals surface area (Å²) in [4.78, 5) is 28.3. The summed E-state index contributed by atoms with van der Waals surface area (Å²) in [6, 6.07) is 13.3. The van der Waals surface area contributed by atoms with E-state index in [4.69, 9.17) is 11.6 Å². The molecular weight excluding hydrogens is 355 g/mol. The average molecular weight is 375 g/mol. The number of rotatable bonds is 4. The van der Waals surface area contributed by atoms with E-state index in [1.165, 1.54) is 6.07 Å². The monoisotopic (exact) mass is 374 g/mol. The third-order valence-electron chi connectivity index (χ3n) is 4.58. The van der Waals surface area contributed by atoms with Crippen LogP contribution in [0.1, 0.15) is 22.3 Å². The second kappa shape index (κ2) is 8.32. The van der Waals surface area contributed by atoms with Crippen LogP contribution >= 0.6 is 11.6 Å². The second-order valence-electron chi connectivity index (χ2n) is 6.27. The molecule has 26 heavy (non-hydrogen) atoms. The lowest BCUT2D eigenvalue weighted by Gasteiger charge is -2.35. The van der Waals surface area contributed by atoms with Gasteiger partial charge in [0.15, 0.2) is 0 Å². The topological polar surface area (TPSA) is 40.6 Å². The Bertz CT molecular complexity index is 787. The predicted molar refractivity (Wildman–Crippen MR) is 98.7 cm³/mol. The second-order valence-corrected chi connectivity index (χ2v) is 6.71. The van der Waals surface area contributed by atoms with Crippen molar-refractivity contribution in [3.8, 4) is 0 Å². The molecule has 0 spiro atoms. The largest absolute Gasteiger partial charge is 0.339 e. The third kappa shape index (κ3) is 4.41. The molecule has 1 fully saturated rings. The molecule has 136 valence electrons. The number of carbonyl (C=O) groups excluding carboxylic acids is 2. The maximum absolute atomic E-state index is 13.6. The van der Waals surface area contributed by atoms with E-state index < -0.39 is 0 Å². The van der Waals surface area contributed by atoms with Crippen molar-refractivity contribution in [1.82, 2.24) is 9.80 Å². The molecule has 4 nitrogen and oxygen atoms in total. The zero-order valence-electron chi connectivity index (χ0n) is 14.3.